The van der Waals surface area contributed by atoms with E-state index in [2.05, 4.69) is 0 Å². The molecule has 0 aliphatic carbocycles. The molecule has 0 amide bonds. The molecule has 0 fully saturated rings. The van der Waals surface area contributed by atoms with Gasteiger partial charge in [0.15, 0.2) is 5.78 Å². The lowest BCUT2D eigenvalue weighted by molar-refractivity contribution is 0.101. The van der Waals surface area contributed by atoms with Crippen LogP contribution in [-0.4, -0.2) is 35.7 Å². The molecule has 0 aromatic heterocycles. The average Bonchev–Trinajstić information content (AvgIpc) is 2.25. The largest absolute Gasteiger partial charge is 0.507 e. The van der Waals surface area contributed by atoms with Crippen molar-refractivity contribution in [1.29, 1.82) is 0 Å². The second-order valence-corrected chi connectivity index (χ2v) is 3.56. The molecule has 4 nitrogen and oxygen atoms in total. The van der Waals surface area contributed by atoms with E-state index in [1.165, 1.54) is 6.92 Å². The van der Waals surface area contributed by atoms with Crippen molar-refractivity contribution in [1.82, 2.24) is 0 Å². The highest BCUT2D eigenvalue weighted by atomic mass is 16.3. The molecule has 0 aliphatic rings. The summed E-state index contributed by atoms with van der Waals surface area (Å²) >= 11 is 0. The highest BCUT2D eigenvalue weighted by Crippen LogP contribution is 2.24. The Labute approximate surface area is 95.1 Å². The fraction of sp³-hybridized carbons (Fsp3) is 0.417. The summed E-state index contributed by atoms with van der Waals surface area (Å²) in [5, 5.41) is 18.5. The minimum atomic E-state index is -0.158. The van der Waals surface area contributed by atoms with Crippen LogP contribution >= 0.6 is 0 Å². The van der Waals surface area contributed by atoms with Gasteiger partial charge in [-0.2, -0.15) is 0 Å². The summed E-state index contributed by atoms with van der Waals surface area (Å²) in [5.41, 5.74) is 1.13. The lowest BCUT2D eigenvalue weighted by Gasteiger charge is -2.22. The van der Waals surface area contributed by atoms with Crippen LogP contribution in [0.1, 0.15) is 24.2 Å². The third-order valence-corrected chi connectivity index (χ3v) is 2.48. The summed E-state index contributed by atoms with van der Waals surface area (Å²) in [5.74, 6) is -0.171. The number of benzene rings is 1. The fourth-order valence-electron chi connectivity index (χ4n) is 1.60. The van der Waals surface area contributed by atoms with Gasteiger partial charge in [-0.3, -0.25) is 4.79 Å². The van der Waals surface area contributed by atoms with Gasteiger partial charge >= 0.3 is 0 Å². The van der Waals surface area contributed by atoms with Crippen LogP contribution in [-0.2, 0) is 0 Å². The maximum atomic E-state index is 11.1. The molecule has 1 aromatic rings. The highest BCUT2D eigenvalue weighted by molar-refractivity contribution is 5.97. The van der Waals surface area contributed by atoms with Gasteiger partial charge in [0.25, 0.3) is 0 Å². The quantitative estimate of drug-likeness (QED) is 0.741. The zero-order valence-electron chi connectivity index (χ0n) is 9.60. The number of Topliss-reactive ketones (excluding diaryl/α,β-unsaturated/α-hetero) is 1. The van der Waals surface area contributed by atoms with Gasteiger partial charge < -0.3 is 15.1 Å². The SMILES string of the molecule is CCN(CCO)c1ccc(C(C)=O)c(O)c1. The second-order valence-electron chi connectivity index (χ2n) is 3.56. The molecule has 0 bridgehead atoms. The van der Waals surface area contributed by atoms with Gasteiger partial charge in [-0.05, 0) is 26.0 Å². The molecule has 88 valence electrons. The van der Waals surface area contributed by atoms with Crippen molar-refractivity contribution in [3.63, 3.8) is 0 Å². The number of rotatable bonds is 5. The minimum Gasteiger partial charge on any atom is -0.507 e. The monoisotopic (exact) mass is 223 g/mol. The van der Waals surface area contributed by atoms with E-state index >= 15 is 0 Å². The zero-order valence-corrected chi connectivity index (χ0v) is 9.60. The third-order valence-electron chi connectivity index (χ3n) is 2.48. The van der Waals surface area contributed by atoms with Gasteiger partial charge in [0.1, 0.15) is 5.75 Å². The molecule has 0 unspecified atom stereocenters. The molecule has 1 rings (SSSR count). The molecule has 0 saturated carbocycles. The molecular weight excluding hydrogens is 206 g/mol. The Morgan fingerprint density at radius 1 is 1.44 bits per heavy atom. The van der Waals surface area contributed by atoms with E-state index in [1.807, 2.05) is 11.8 Å². The van der Waals surface area contributed by atoms with Crippen LogP contribution in [0.4, 0.5) is 5.69 Å². The lowest BCUT2D eigenvalue weighted by Crippen LogP contribution is -2.26. The number of hydrogen-bond donors (Lipinski definition) is 2. The lowest BCUT2D eigenvalue weighted by atomic mass is 10.1. The molecule has 16 heavy (non-hydrogen) atoms. The van der Waals surface area contributed by atoms with Crippen molar-refractivity contribution >= 4 is 11.5 Å². The van der Waals surface area contributed by atoms with Crippen molar-refractivity contribution in [3.05, 3.63) is 23.8 Å². The second kappa shape index (κ2) is 5.51. The van der Waals surface area contributed by atoms with Crippen LogP contribution in [0.2, 0.25) is 0 Å². The molecule has 2 N–H and O–H groups in total. The maximum absolute atomic E-state index is 11.1. The van der Waals surface area contributed by atoms with E-state index in [0.717, 1.165) is 12.2 Å². The van der Waals surface area contributed by atoms with Gasteiger partial charge in [0.05, 0.1) is 12.2 Å². The van der Waals surface area contributed by atoms with Gasteiger partial charge in [0.2, 0.25) is 0 Å². The van der Waals surface area contributed by atoms with E-state index in [-0.39, 0.29) is 18.1 Å². The van der Waals surface area contributed by atoms with Crippen LogP contribution in [0.25, 0.3) is 0 Å². The number of carbonyl (C=O) groups excluding carboxylic acids is 1. The number of phenolic OH excluding ortho intramolecular Hbond substituents is 1. The van der Waals surface area contributed by atoms with E-state index in [4.69, 9.17) is 5.11 Å². The minimum absolute atomic E-state index is 0.0126. The standard InChI is InChI=1S/C12H17NO3/c1-3-13(6-7-14)10-4-5-11(9(2)15)12(16)8-10/h4-5,8,14,16H,3,6-7H2,1-2H3. The van der Waals surface area contributed by atoms with Gasteiger partial charge in [0, 0.05) is 24.8 Å². The summed E-state index contributed by atoms with van der Waals surface area (Å²) in [4.78, 5) is 13.0. The normalized spacial score (nSPS) is 10.2. The average molecular weight is 223 g/mol. The number of likely N-dealkylation sites (N-methyl/N-ethyl adjacent to an activating group) is 1. The molecule has 0 saturated heterocycles. The summed E-state index contributed by atoms with van der Waals surface area (Å²) in [7, 11) is 0. The number of anilines is 1. The Morgan fingerprint density at radius 2 is 2.12 bits per heavy atom. The van der Waals surface area contributed by atoms with Crippen LogP contribution in [0.5, 0.6) is 5.75 Å². The van der Waals surface area contributed by atoms with E-state index in [0.29, 0.717) is 12.1 Å². The van der Waals surface area contributed by atoms with Gasteiger partial charge in [-0.1, -0.05) is 0 Å². The van der Waals surface area contributed by atoms with Crippen LogP contribution in [0.3, 0.4) is 0 Å². The highest BCUT2D eigenvalue weighted by Gasteiger charge is 2.10. The molecule has 0 aliphatic heterocycles. The summed E-state index contributed by atoms with van der Waals surface area (Å²) < 4.78 is 0. The van der Waals surface area contributed by atoms with Crippen LogP contribution in [0.15, 0.2) is 18.2 Å². The summed E-state index contributed by atoms with van der Waals surface area (Å²) in [6.07, 6.45) is 0. The Bertz CT molecular complexity index is 377. The van der Waals surface area contributed by atoms with Crippen molar-refractivity contribution in [3.8, 4) is 5.75 Å². The maximum Gasteiger partial charge on any atom is 0.163 e. The fourth-order valence-corrected chi connectivity index (χ4v) is 1.60. The topological polar surface area (TPSA) is 60.8 Å². The molecule has 0 heterocycles. The van der Waals surface area contributed by atoms with E-state index in [9.17, 15) is 9.90 Å². The predicted octanol–water partition coefficient (Wildman–Crippen LogP) is 1.41. The first kappa shape index (κ1) is 12.5. The van der Waals surface area contributed by atoms with Crippen molar-refractivity contribution in [2.75, 3.05) is 24.6 Å². The number of ketones is 1. The van der Waals surface area contributed by atoms with Crippen LogP contribution in [0, 0.1) is 0 Å². The van der Waals surface area contributed by atoms with Gasteiger partial charge in [-0.15, -0.1) is 0 Å². The number of phenols is 1. The van der Waals surface area contributed by atoms with Crippen LogP contribution < -0.4 is 4.90 Å². The molecule has 0 atom stereocenters. The predicted molar refractivity (Wildman–Crippen MR) is 63.1 cm³/mol. The number of nitrogens with zero attached hydrogens (tertiary/aromatic N) is 1. The first-order valence-electron chi connectivity index (χ1n) is 5.30. The van der Waals surface area contributed by atoms with Crippen molar-refractivity contribution < 1.29 is 15.0 Å². The number of aliphatic hydroxyl groups excluding tert-OH is 1. The number of carbonyl (C=O) groups is 1. The third kappa shape index (κ3) is 2.73. The Kier molecular flexibility index (Phi) is 4.31. The molecule has 4 heteroatoms. The Hall–Kier alpha value is -1.55. The van der Waals surface area contributed by atoms with Gasteiger partial charge in [-0.25, -0.2) is 0 Å². The zero-order chi connectivity index (χ0) is 12.1. The number of aromatic hydroxyl groups is 1. The van der Waals surface area contributed by atoms with Crippen molar-refractivity contribution in [2.45, 2.75) is 13.8 Å². The smallest absolute Gasteiger partial charge is 0.163 e. The first-order valence-corrected chi connectivity index (χ1v) is 5.30. The Balaban J connectivity index is 2.99. The summed E-state index contributed by atoms with van der Waals surface area (Å²) in [6.45, 7) is 4.68. The first-order chi connectivity index (χ1) is 7.60. The van der Waals surface area contributed by atoms with E-state index < -0.39 is 0 Å². The molecular formula is C12H17NO3. The summed E-state index contributed by atoms with van der Waals surface area (Å²) in [6, 6.07) is 4.93. The van der Waals surface area contributed by atoms with E-state index in [1.54, 1.807) is 18.2 Å². The molecule has 1 aromatic carbocycles. The number of aliphatic hydroxyl groups is 1. The number of hydrogen-bond acceptors (Lipinski definition) is 4. The molecule has 0 radical (unpaired) electrons. The molecule has 0 spiro atoms. The van der Waals surface area contributed by atoms with Crippen molar-refractivity contribution in [2.24, 2.45) is 0 Å². The Morgan fingerprint density at radius 3 is 2.56 bits per heavy atom.